The molecule has 1 fully saturated rings. The van der Waals surface area contributed by atoms with Gasteiger partial charge in [0.2, 0.25) is 0 Å². The lowest BCUT2D eigenvalue weighted by Gasteiger charge is -2.16. The van der Waals surface area contributed by atoms with E-state index in [9.17, 15) is 0 Å². The lowest BCUT2D eigenvalue weighted by molar-refractivity contribution is 0.281. The van der Waals surface area contributed by atoms with Gasteiger partial charge >= 0.3 is 0 Å². The predicted octanol–water partition coefficient (Wildman–Crippen LogP) is 1.17. The molecule has 0 aromatic carbocycles. The standard InChI is InChI=1S/C10H14N2O/c13-8-9-3-4-11-10(7-9)12-5-1-2-6-12/h3-4,7,13H,1-2,5-6,8H2. The van der Waals surface area contributed by atoms with Gasteiger partial charge in [0.1, 0.15) is 5.82 Å². The van der Waals surface area contributed by atoms with E-state index in [2.05, 4.69) is 9.88 Å². The van der Waals surface area contributed by atoms with Crippen LogP contribution in [-0.4, -0.2) is 23.2 Å². The number of aromatic nitrogens is 1. The van der Waals surface area contributed by atoms with E-state index >= 15 is 0 Å². The molecule has 0 unspecified atom stereocenters. The van der Waals surface area contributed by atoms with Gasteiger partial charge in [-0.2, -0.15) is 0 Å². The highest BCUT2D eigenvalue weighted by atomic mass is 16.3. The Morgan fingerprint density at radius 2 is 2.15 bits per heavy atom. The summed E-state index contributed by atoms with van der Waals surface area (Å²) in [6.07, 6.45) is 4.27. The molecular weight excluding hydrogens is 164 g/mol. The average Bonchev–Trinajstić information content (AvgIpc) is 2.71. The fraction of sp³-hybridized carbons (Fsp3) is 0.500. The molecule has 1 N–H and O–H groups in total. The van der Waals surface area contributed by atoms with Crippen molar-refractivity contribution in [1.82, 2.24) is 4.98 Å². The van der Waals surface area contributed by atoms with Crippen LogP contribution >= 0.6 is 0 Å². The highest BCUT2D eigenvalue weighted by Crippen LogP contribution is 2.18. The van der Waals surface area contributed by atoms with E-state index in [1.54, 1.807) is 6.20 Å². The number of aliphatic hydroxyl groups is 1. The van der Waals surface area contributed by atoms with Gasteiger partial charge in [0.25, 0.3) is 0 Å². The molecule has 2 heterocycles. The minimum atomic E-state index is 0.101. The third-order valence-electron chi connectivity index (χ3n) is 2.42. The largest absolute Gasteiger partial charge is 0.392 e. The Hall–Kier alpha value is -1.09. The van der Waals surface area contributed by atoms with E-state index in [1.165, 1.54) is 12.8 Å². The summed E-state index contributed by atoms with van der Waals surface area (Å²) in [6.45, 7) is 2.30. The maximum atomic E-state index is 8.96. The van der Waals surface area contributed by atoms with Crippen LogP contribution in [0.5, 0.6) is 0 Å². The van der Waals surface area contributed by atoms with Crippen molar-refractivity contribution in [1.29, 1.82) is 0 Å². The Kier molecular flexibility index (Phi) is 2.45. The number of rotatable bonds is 2. The molecule has 0 radical (unpaired) electrons. The van der Waals surface area contributed by atoms with Crippen LogP contribution in [0.25, 0.3) is 0 Å². The van der Waals surface area contributed by atoms with E-state index in [1.807, 2.05) is 12.1 Å². The van der Waals surface area contributed by atoms with Crippen molar-refractivity contribution in [2.24, 2.45) is 0 Å². The average molecular weight is 178 g/mol. The van der Waals surface area contributed by atoms with Crippen molar-refractivity contribution < 1.29 is 5.11 Å². The summed E-state index contributed by atoms with van der Waals surface area (Å²) >= 11 is 0. The molecule has 0 bridgehead atoms. The molecule has 70 valence electrons. The van der Waals surface area contributed by atoms with Gasteiger partial charge in [0.15, 0.2) is 0 Å². The number of hydrogen-bond acceptors (Lipinski definition) is 3. The summed E-state index contributed by atoms with van der Waals surface area (Å²) in [4.78, 5) is 6.55. The van der Waals surface area contributed by atoms with Crippen LogP contribution in [-0.2, 0) is 6.61 Å². The molecule has 3 heteroatoms. The molecule has 0 saturated carbocycles. The smallest absolute Gasteiger partial charge is 0.128 e. The summed E-state index contributed by atoms with van der Waals surface area (Å²) in [7, 11) is 0. The molecule has 1 saturated heterocycles. The Morgan fingerprint density at radius 1 is 1.38 bits per heavy atom. The third-order valence-corrected chi connectivity index (χ3v) is 2.42. The number of anilines is 1. The number of aliphatic hydroxyl groups excluding tert-OH is 1. The quantitative estimate of drug-likeness (QED) is 0.738. The topological polar surface area (TPSA) is 36.4 Å². The van der Waals surface area contributed by atoms with E-state index in [-0.39, 0.29) is 6.61 Å². The van der Waals surface area contributed by atoms with Crippen LogP contribution in [0.3, 0.4) is 0 Å². The van der Waals surface area contributed by atoms with Crippen molar-refractivity contribution in [2.75, 3.05) is 18.0 Å². The summed E-state index contributed by atoms with van der Waals surface area (Å²) in [5.74, 6) is 1.00. The first-order valence-corrected chi connectivity index (χ1v) is 4.71. The van der Waals surface area contributed by atoms with Gasteiger partial charge in [-0.05, 0) is 30.5 Å². The van der Waals surface area contributed by atoms with Crippen molar-refractivity contribution in [3.05, 3.63) is 23.9 Å². The summed E-state index contributed by atoms with van der Waals surface area (Å²) < 4.78 is 0. The van der Waals surface area contributed by atoms with Crippen LogP contribution in [0.4, 0.5) is 5.82 Å². The van der Waals surface area contributed by atoms with Crippen LogP contribution in [0.2, 0.25) is 0 Å². The minimum Gasteiger partial charge on any atom is -0.392 e. The molecule has 1 aromatic heterocycles. The first kappa shape index (κ1) is 8.51. The first-order chi connectivity index (χ1) is 6.40. The molecule has 0 atom stereocenters. The van der Waals surface area contributed by atoms with Crippen LogP contribution < -0.4 is 4.90 Å². The second-order valence-corrected chi connectivity index (χ2v) is 3.37. The van der Waals surface area contributed by atoms with Gasteiger partial charge in [0.05, 0.1) is 6.61 Å². The molecule has 13 heavy (non-hydrogen) atoms. The van der Waals surface area contributed by atoms with Crippen molar-refractivity contribution >= 4 is 5.82 Å². The number of hydrogen-bond donors (Lipinski definition) is 1. The molecule has 2 rings (SSSR count). The van der Waals surface area contributed by atoms with Gasteiger partial charge in [-0.15, -0.1) is 0 Å². The summed E-state index contributed by atoms with van der Waals surface area (Å²) in [5.41, 5.74) is 0.942. The molecule has 1 aliphatic heterocycles. The molecule has 0 aliphatic carbocycles. The van der Waals surface area contributed by atoms with Gasteiger partial charge < -0.3 is 10.0 Å². The van der Waals surface area contributed by atoms with Crippen LogP contribution in [0.1, 0.15) is 18.4 Å². The third kappa shape index (κ3) is 1.80. The second kappa shape index (κ2) is 3.75. The Morgan fingerprint density at radius 3 is 2.85 bits per heavy atom. The van der Waals surface area contributed by atoms with Crippen molar-refractivity contribution in [3.8, 4) is 0 Å². The zero-order chi connectivity index (χ0) is 9.10. The molecule has 0 amide bonds. The highest BCUT2D eigenvalue weighted by Gasteiger charge is 2.12. The molecule has 1 aliphatic rings. The Labute approximate surface area is 78.0 Å². The normalized spacial score (nSPS) is 16.5. The fourth-order valence-electron chi connectivity index (χ4n) is 1.68. The van der Waals surface area contributed by atoms with E-state index < -0.39 is 0 Å². The monoisotopic (exact) mass is 178 g/mol. The number of pyridine rings is 1. The summed E-state index contributed by atoms with van der Waals surface area (Å²) in [5, 5.41) is 8.96. The zero-order valence-corrected chi connectivity index (χ0v) is 7.61. The Balaban J connectivity index is 2.18. The molecule has 1 aromatic rings. The maximum absolute atomic E-state index is 8.96. The van der Waals surface area contributed by atoms with Crippen molar-refractivity contribution in [2.45, 2.75) is 19.4 Å². The number of nitrogens with zero attached hydrogens (tertiary/aromatic N) is 2. The lowest BCUT2D eigenvalue weighted by Crippen LogP contribution is -2.18. The fourth-order valence-corrected chi connectivity index (χ4v) is 1.68. The van der Waals surface area contributed by atoms with Gasteiger partial charge in [0, 0.05) is 19.3 Å². The minimum absolute atomic E-state index is 0.101. The molecule has 0 spiro atoms. The Bertz CT molecular complexity index is 282. The first-order valence-electron chi connectivity index (χ1n) is 4.71. The maximum Gasteiger partial charge on any atom is 0.128 e. The van der Waals surface area contributed by atoms with Gasteiger partial charge in [-0.1, -0.05) is 0 Å². The molecule has 3 nitrogen and oxygen atoms in total. The van der Waals surface area contributed by atoms with Gasteiger partial charge in [-0.25, -0.2) is 4.98 Å². The SMILES string of the molecule is OCc1ccnc(N2CCCC2)c1. The van der Waals surface area contributed by atoms with Crippen molar-refractivity contribution in [3.63, 3.8) is 0 Å². The van der Waals surface area contributed by atoms with E-state index in [0.717, 1.165) is 24.5 Å². The zero-order valence-electron chi connectivity index (χ0n) is 7.61. The van der Waals surface area contributed by atoms with Crippen LogP contribution in [0, 0.1) is 0 Å². The van der Waals surface area contributed by atoms with E-state index in [0.29, 0.717) is 0 Å². The second-order valence-electron chi connectivity index (χ2n) is 3.37. The van der Waals surface area contributed by atoms with Crippen LogP contribution in [0.15, 0.2) is 18.3 Å². The lowest BCUT2D eigenvalue weighted by atomic mass is 10.3. The van der Waals surface area contributed by atoms with E-state index in [4.69, 9.17) is 5.11 Å². The predicted molar refractivity (Wildman–Crippen MR) is 51.6 cm³/mol. The van der Waals surface area contributed by atoms with Gasteiger partial charge in [-0.3, -0.25) is 0 Å². The highest BCUT2D eigenvalue weighted by molar-refractivity contribution is 5.41. The molecular formula is C10H14N2O. The summed E-state index contributed by atoms with van der Waals surface area (Å²) in [6, 6.07) is 3.81.